The maximum atomic E-state index is 11.0. The molecular weight excluding hydrogens is 205 g/mol. The van der Waals surface area contributed by atoms with Crippen LogP contribution in [0.25, 0.3) is 10.1 Å². The van der Waals surface area contributed by atoms with Gasteiger partial charge in [-0.25, -0.2) is 0 Å². The minimum Gasteiger partial charge on any atom is -0.277 e. The molecule has 2 nitrogen and oxygen atoms in total. The van der Waals surface area contributed by atoms with E-state index >= 15 is 0 Å². The fourth-order valence-electron chi connectivity index (χ4n) is 0.925. The Kier molecular flexibility index (Phi) is 3.37. The van der Waals surface area contributed by atoms with Crippen LogP contribution in [0.2, 0.25) is 5.02 Å². The minimum atomic E-state index is -0.0401. The van der Waals surface area contributed by atoms with Crippen LogP contribution < -0.4 is 35.1 Å². The topological polar surface area (TPSA) is 32.9 Å². The van der Waals surface area contributed by atoms with Crippen LogP contribution in [0.15, 0.2) is 23.0 Å². The quantitative estimate of drug-likeness (QED) is 0.568. The zero-order valence-electron chi connectivity index (χ0n) is 6.43. The van der Waals surface area contributed by atoms with Gasteiger partial charge in [0.25, 0.3) is 5.56 Å². The van der Waals surface area contributed by atoms with E-state index in [0.717, 1.165) is 4.70 Å². The monoisotopic (exact) mass is 208 g/mol. The number of rotatable bonds is 0. The summed E-state index contributed by atoms with van der Waals surface area (Å²) in [6.45, 7) is 0. The van der Waals surface area contributed by atoms with E-state index in [1.807, 2.05) is 0 Å². The van der Waals surface area contributed by atoms with E-state index in [2.05, 4.69) is 4.37 Å². The van der Waals surface area contributed by atoms with E-state index in [-0.39, 0.29) is 35.1 Å². The Hall–Kier alpha value is 0.200. The first-order chi connectivity index (χ1) is 5.27. The van der Waals surface area contributed by atoms with Crippen molar-refractivity contribution in [3.05, 3.63) is 33.6 Å². The molecule has 0 saturated heterocycles. The van der Waals surface area contributed by atoms with Crippen molar-refractivity contribution in [2.45, 2.75) is 0 Å². The van der Waals surface area contributed by atoms with Crippen LogP contribution in [-0.4, -0.2) is 4.37 Å². The van der Waals surface area contributed by atoms with E-state index in [0.29, 0.717) is 10.4 Å². The zero-order valence-corrected chi connectivity index (χ0v) is 10.00. The summed E-state index contributed by atoms with van der Waals surface area (Å²) in [6.07, 6.45) is 0. The molecule has 1 aromatic carbocycles. The smallest absolute Gasteiger partial charge is 0.277 e. The SMILES string of the molecule is O=c1[nH]sc2cc(Cl)ccc12.[Na+]. The molecule has 0 fully saturated rings. The molecule has 0 aliphatic rings. The second-order valence-corrected chi connectivity index (χ2v) is 3.46. The van der Waals surface area contributed by atoms with E-state index in [4.69, 9.17) is 11.6 Å². The number of aromatic nitrogens is 1. The van der Waals surface area contributed by atoms with Gasteiger partial charge in [0.05, 0.1) is 10.1 Å². The fraction of sp³-hybridized carbons (Fsp3) is 0. The van der Waals surface area contributed by atoms with Crippen molar-refractivity contribution in [3.8, 4) is 0 Å². The van der Waals surface area contributed by atoms with Crippen molar-refractivity contribution < 1.29 is 29.6 Å². The van der Waals surface area contributed by atoms with Gasteiger partial charge in [-0.3, -0.25) is 9.17 Å². The number of hydrogen-bond donors (Lipinski definition) is 1. The summed E-state index contributed by atoms with van der Waals surface area (Å²) in [5, 5.41) is 1.37. The molecule has 0 radical (unpaired) electrons. The van der Waals surface area contributed by atoms with Crippen LogP contribution in [0, 0.1) is 0 Å². The zero-order chi connectivity index (χ0) is 7.84. The van der Waals surface area contributed by atoms with Crippen LogP contribution >= 0.6 is 23.1 Å². The van der Waals surface area contributed by atoms with Gasteiger partial charge < -0.3 is 0 Å². The molecule has 12 heavy (non-hydrogen) atoms. The number of nitrogens with one attached hydrogen (secondary N) is 1. The predicted molar refractivity (Wildman–Crippen MR) is 47.5 cm³/mol. The molecule has 0 atom stereocenters. The van der Waals surface area contributed by atoms with Crippen molar-refractivity contribution in [1.82, 2.24) is 4.37 Å². The van der Waals surface area contributed by atoms with E-state index in [1.54, 1.807) is 18.2 Å². The molecule has 0 aliphatic heterocycles. The summed E-state index contributed by atoms with van der Waals surface area (Å²) in [5.41, 5.74) is -0.0401. The minimum absolute atomic E-state index is 0. The molecular formula is C7H4ClNNaOS+. The Labute approximate surface area is 100.0 Å². The number of halogens is 1. The average Bonchev–Trinajstić information content (AvgIpc) is 2.32. The van der Waals surface area contributed by atoms with Crippen molar-refractivity contribution in [2.24, 2.45) is 0 Å². The third kappa shape index (κ3) is 1.75. The third-order valence-corrected chi connectivity index (χ3v) is 2.52. The predicted octanol–water partition coefficient (Wildman–Crippen LogP) is -0.753. The van der Waals surface area contributed by atoms with Crippen molar-refractivity contribution in [2.75, 3.05) is 0 Å². The molecule has 2 aromatic rings. The Morgan fingerprint density at radius 2 is 2.17 bits per heavy atom. The Morgan fingerprint density at radius 1 is 1.42 bits per heavy atom. The molecule has 0 spiro atoms. The average molecular weight is 209 g/mol. The molecule has 1 aromatic heterocycles. The summed E-state index contributed by atoms with van der Waals surface area (Å²) in [4.78, 5) is 11.0. The van der Waals surface area contributed by atoms with Gasteiger partial charge in [-0.2, -0.15) is 0 Å². The first-order valence-corrected chi connectivity index (χ1v) is 4.23. The molecule has 0 amide bonds. The van der Waals surface area contributed by atoms with E-state index in [9.17, 15) is 4.79 Å². The van der Waals surface area contributed by atoms with E-state index in [1.165, 1.54) is 11.5 Å². The largest absolute Gasteiger partial charge is 1.00 e. The Bertz CT molecular complexity index is 450. The number of fused-ring (bicyclic) bond motifs is 1. The summed E-state index contributed by atoms with van der Waals surface area (Å²) in [5.74, 6) is 0. The fourth-order valence-corrected chi connectivity index (χ4v) is 1.93. The summed E-state index contributed by atoms with van der Waals surface area (Å²) in [7, 11) is 0. The summed E-state index contributed by atoms with van der Waals surface area (Å²) >= 11 is 7.02. The van der Waals surface area contributed by atoms with Crippen molar-refractivity contribution in [1.29, 1.82) is 0 Å². The van der Waals surface area contributed by atoms with Crippen LogP contribution in [0.5, 0.6) is 0 Å². The van der Waals surface area contributed by atoms with Gasteiger partial charge in [0.15, 0.2) is 0 Å². The van der Waals surface area contributed by atoms with Crippen LogP contribution in [0.1, 0.15) is 0 Å². The standard InChI is InChI=1S/C7H4ClNOS.Na/c8-4-1-2-5-6(3-4)11-9-7(5)10;/h1-3H,(H,9,10);/q;+1. The number of H-pyrrole nitrogens is 1. The van der Waals surface area contributed by atoms with Gasteiger partial charge in [0.2, 0.25) is 0 Å². The molecule has 56 valence electrons. The van der Waals surface area contributed by atoms with Crippen molar-refractivity contribution in [3.63, 3.8) is 0 Å². The number of hydrogen-bond acceptors (Lipinski definition) is 2. The van der Waals surface area contributed by atoms with Crippen LogP contribution in [0.4, 0.5) is 0 Å². The van der Waals surface area contributed by atoms with Gasteiger partial charge in [0, 0.05) is 5.02 Å². The van der Waals surface area contributed by atoms with Crippen molar-refractivity contribution >= 4 is 33.2 Å². The summed E-state index contributed by atoms with van der Waals surface area (Å²) in [6, 6.07) is 5.22. The molecule has 0 aliphatic carbocycles. The Balaban J connectivity index is 0.000000720. The maximum absolute atomic E-state index is 11.0. The van der Waals surface area contributed by atoms with Gasteiger partial charge in [-0.05, 0) is 18.2 Å². The summed E-state index contributed by atoms with van der Waals surface area (Å²) < 4.78 is 3.54. The van der Waals surface area contributed by atoms with Gasteiger partial charge in [0.1, 0.15) is 0 Å². The second-order valence-electron chi connectivity index (χ2n) is 2.17. The molecule has 1 heterocycles. The van der Waals surface area contributed by atoms with Gasteiger partial charge in [-0.1, -0.05) is 23.1 Å². The van der Waals surface area contributed by atoms with Crippen LogP contribution in [-0.2, 0) is 0 Å². The first kappa shape index (κ1) is 10.3. The number of aromatic amines is 1. The normalized spacial score (nSPS) is 9.75. The molecule has 1 N–H and O–H groups in total. The molecule has 5 heteroatoms. The molecule has 0 unspecified atom stereocenters. The molecule has 2 rings (SSSR count). The van der Waals surface area contributed by atoms with Gasteiger partial charge >= 0.3 is 29.6 Å². The maximum Gasteiger partial charge on any atom is 1.00 e. The third-order valence-electron chi connectivity index (χ3n) is 1.44. The van der Waals surface area contributed by atoms with Gasteiger partial charge in [-0.15, -0.1) is 0 Å². The molecule has 0 saturated carbocycles. The second kappa shape index (κ2) is 3.94. The van der Waals surface area contributed by atoms with Crippen LogP contribution in [0.3, 0.4) is 0 Å². The first-order valence-electron chi connectivity index (χ1n) is 3.04. The number of benzene rings is 1. The Morgan fingerprint density at radius 3 is 2.92 bits per heavy atom. The van der Waals surface area contributed by atoms with E-state index < -0.39 is 0 Å². The molecule has 0 bridgehead atoms.